The fourth-order valence-corrected chi connectivity index (χ4v) is 2.50. The summed E-state index contributed by atoms with van der Waals surface area (Å²) in [5, 5.41) is 25.7. The van der Waals surface area contributed by atoms with Crippen molar-refractivity contribution < 1.29 is 22.7 Å². The highest BCUT2D eigenvalue weighted by molar-refractivity contribution is 5.98. The molecule has 2 aromatic rings. The number of nitrogens with one attached hydrogen (secondary N) is 4. The number of hydrogen-bond acceptors (Lipinski definition) is 10. The van der Waals surface area contributed by atoms with Gasteiger partial charge >= 0.3 is 6.30 Å². The fraction of sp³-hybridized carbons (Fsp3) is 0.375. The second kappa shape index (κ2) is 9.29. The lowest BCUT2D eigenvalue weighted by Crippen LogP contribution is -2.42. The molecule has 0 spiro atoms. The third-order valence-corrected chi connectivity index (χ3v) is 3.81. The van der Waals surface area contributed by atoms with Crippen LogP contribution in [0, 0.1) is 11.3 Å². The Kier molecular flexibility index (Phi) is 6.54. The highest BCUT2D eigenvalue weighted by Gasteiger charge is 2.32. The SMILES string of the molecule is N#Cc1cnc(Nc2cc(NC[C@H]3CNCCO3)c(C(=O)NC(F)(F)F)nn2)cn1. The first-order valence-corrected chi connectivity index (χ1v) is 8.66. The van der Waals surface area contributed by atoms with E-state index in [0.29, 0.717) is 19.7 Å². The number of carbonyl (C=O) groups is 1. The normalized spacial score (nSPS) is 16.4. The van der Waals surface area contributed by atoms with Gasteiger partial charge in [-0.2, -0.15) is 18.4 Å². The minimum absolute atomic E-state index is 0.0185. The molecule has 30 heavy (non-hydrogen) atoms. The molecular formula is C16H16F3N9O2. The lowest BCUT2D eigenvalue weighted by molar-refractivity contribution is -0.146. The summed E-state index contributed by atoms with van der Waals surface area (Å²) in [5.41, 5.74) is -0.410. The Bertz CT molecular complexity index is 925. The molecule has 1 fully saturated rings. The summed E-state index contributed by atoms with van der Waals surface area (Å²) in [5.74, 6) is -1.13. The van der Waals surface area contributed by atoms with Crippen LogP contribution >= 0.6 is 0 Å². The van der Waals surface area contributed by atoms with Gasteiger partial charge in [0.2, 0.25) is 0 Å². The molecule has 1 saturated heterocycles. The number of amides is 1. The topological polar surface area (TPSA) is 150 Å². The molecular weight excluding hydrogens is 407 g/mol. The molecule has 14 heteroatoms. The molecule has 3 rings (SSSR count). The highest BCUT2D eigenvalue weighted by atomic mass is 19.4. The van der Waals surface area contributed by atoms with Crippen LogP contribution in [0.3, 0.4) is 0 Å². The maximum Gasteiger partial charge on any atom is 0.484 e. The predicted octanol–water partition coefficient (Wildman–Crippen LogP) is 0.532. The molecule has 1 aliphatic rings. The Morgan fingerprint density at radius 2 is 2.13 bits per heavy atom. The van der Waals surface area contributed by atoms with Crippen molar-refractivity contribution in [3.8, 4) is 6.07 Å². The van der Waals surface area contributed by atoms with E-state index in [2.05, 4.69) is 36.1 Å². The van der Waals surface area contributed by atoms with Gasteiger partial charge in [0, 0.05) is 25.7 Å². The monoisotopic (exact) mass is 423 g/mol. The summed E-state index contributed by atoms with van der Waals surface area (Å²) in [7, 11) is 0. The van der Waals surface area contributed by atoms with Crippen LogP contribution in [-0.2, 0) is 4.74 Å². The summed E-state index contributed by atoms with van der Waals surface area (Å²) in [6, 6.07) is 3.13. The molecule has 0 radical (unpaired) electrons. The van der Waals surface area contributed by atoms with Crippen molar-refractivity contribution >= 4 is 23.2 Å². The van der Waals surface area contributed by atoms with E-state index in [9.17, 15) is 18.0 Å². The zero-order chi connectivity index (χ0) is 21.6. The van der Waals surface area contributed by atoms with Crippen LogP contribution < -0.4 is 21.3 Å². The Balaban J connectivity index is 1.80. The summed E-state index contributed by atoms with van der Waals surface area (Å²) in [6.45, 7) is 1.96. The largest absolute Gasteiger partial charge is 0.484 e. The van der Waals surface area contributed by atoms with Crippen LogP contribution in [0.4, 0.5) is 30.5 Å². The van der Waals surface area contributed by atoms with E-state index in [4.69, 9.17) is 10.00 Å². The summed E-state index contributed by atoms with van der Waals surface area (Å²) < 4.78 is 43.2. The van der Waals surface area contributed by atoms with E-state index in [1.807, 2.05) is 6.07 Å². The van der Waals surface area contributed by atoms with Crippen molar-refractivity contribution in [3.05, 3.63) is 29.8 Å². The zero-order valence-electron chi connectivity index (χ0n) is 15.3. The van der Waals surface area contributed by atoms with Gasteiger partial charge in [0.15, 0.2) is 17.2 Å². The maximum absolute atomic E-state index is 12.5. The number of carbonyl (C=O) groups excluding carboxylic acids is 1. The maximum atomic E-state index is 12.5. The van der Waals surface area contributed by atoms with Gasteiger partial charge in [-0.1, -0.05) is 0 Å². The van der Waals surface area contributed by atoms with Crippen molar-refractivity contribution in [2.45, 2.75) is 12.4 Å². The first-order valence-electron chi connectivity index (χ1n) is 8.66. The lowest BCUT2D eigenvalue weighted by Gasteiger charge is -2.24. The van der Waals surface area contributed by atoms with Crippen molar-refractivity contribution in [3.63, 3.8) is 0 Å². The summed E-state index contributed by atoms with van der Waals surface area (Å²) in [6.07, 6.45) is -2.65. The van der Waals surface area contributed by atoms with Crippen molar-refractivity contribution in [1.82, 2.24) is 30.8 Å². The molecule has 0 aromatic carbocycles. The zero-order valence-corrected chi connectivity index (χ0v) is 15.3. The number of halogens is 3. The molecule has 11 nitrogen and oxygen atoms in total. The van der Waals surface area contributed by atoms with Gasteiger partial charge in [-0.3, -0.25) is 10.1 Å². The standard InChI is InChI=1S/C16H16F3N9O2/c17-16(18,19)26-15(29)14-11(23-7-10-6-21-1-2-30-10)3-12(27-28-14)25-13-8-22-9(4-20)5-24-13/h3,5,8,10,21H,1-2,6-7H2,(H,26,29)(H2,23,24,25,27)/t10-/m1/s1. The Hall–Kier alpha value is -3.57. The molecule has 3 heterocycles. The molecule has 0 unspecified atom stereocenters. The van der Waals surface area contributed by atoms with Crippen LogP contribution in [0.2, 0.25) is 0 Å². The Morgan fingerprint density at radius 1 is 1.30 bits per heavy atom. The van der Waals surface area contributed by atoms with Crippen LogP contribution in [0.1, 0.15) is 16.2 Å². The Labute approximate surface area is 168 Å². The first kappa shape index (κ1) is 21.1. The average Bonchev–Trinajstić information content (AvgIpc) is 2.72. The summed E-state index contributed by atoms with van der Waals surface area (Å²) >= 11 is 0. The van der Waals surface area contributed by atoms with Crippen molar-refractivity contribution in [1.29, 1.82) is 5.26 Å². The number of alkyl halides is 3. The van der Waals surface area contributed by atoms with E-state index in [-0.39, 0.29) is 35.7 Å². The van der Waals surface area contributed by atoms with E-state index in [1.165, 1.54) is 18.5 Å². The number of morpholine rings is 1. The average molecular weight is 423 g/mol. The van der Waals surface area contributed by atoms with E-state index >= 15 is 0 Å². The number of aromatic nitrogens is 4. The second-order valence-corrected chi connectivity index (χ2v) is 6.05. The predicted molar refractivity (Wildman–Crippen MR) is 96.7 cm³/mol. The quantitative estimate of drug-likeness (QED) is 0.485. The van der Waals surface area contributed by atoms with E-state index in [0.717, 1.165) is 5.32 Å². The molecule has 1 aliphatic heterocycles. The molecule has 1 amide bonds. The van der Waals surface area contributed by atoms with Gasteiger partial charge in [0.25, 0.3) is 5.91 Å². The van der Waals surface area contributed by atoms with Crippen LogP contribution in [-0.4, -0.2) is 64.7 Å². The number of nitrogens with zero attached hydrogens (tertiary/aromatic N) is 5. The highest BCUT2D eigenvalue weighted by Crippen LogP contribution is 2.21. The lowest BCUT2D eigenvalue weighted by atomic mass is 10.2. The molecule has 158 valence electrons. The number of anilines is 3. The van der Waals surface area contributed by atoms with Gasteiger partial charge in [-0.05, 0) is 0 Å². The molecule has 4 N–H and O–H groups in total. The van der Waals surface area contributed by atoms with Crippen LogP contribution in [0.25, 0.3) is 0 Å². The third-order valence-electron chi connectivity index (χ3n) is 3.81. The minimum atomic E-state index is -4.92. The van der Waals surface area contributed by atoms with Gasteiger partial charge in [0.05, 0.1) is 30.8 Å². The molecule has 0 bridgehead atoms. The van der Waals surface area contributed by atoms with E-state index in [1.54, 1.807) is 0 Å². The third kappa shape index (κ3) is 5.96. The molecule has 2 aromatic heterocycles. The second-order valence-electron chi connectivity index (χ2n) is 6.05. The van der Waals surface area contributed by atoms with Crippen LogP contribution in [0.5, 0.6) is 0 Å². The van der Waals surface area contributed by atoms with Gasteiger partial charge in [-0.15, -0.1) is 10.2 Å². The van der Waals surface area contributed by atoms with Gasteiger partial charge in [-0.25, -0.2) is 9.97 Å². The number of ether oxygens (including phenoxy) is 1. The molecule has 1 atom stereocenters. The Morgan fingerprint density at radius 3 is 2.77 bits per heavy atom. The number of hydrogen-bond donors (Lipinski definition) is 4. The molecule has 0 saturated carbocycles. The van der Waals surface area contributed by atoms with Crippen molar-refractivity contribution in [2.75, 3.05) is 36.9 Å². The van der Waals surface area contributed by atoms with Crippen molar-refractivity contribution in [2.24, 2.45) is 0 Å². The fourth-order valence-electron chi connectivity index (χ4n) is 2.50. The number of rotatable bonds is 6. The van der Waals surface area contributed by atoms with Gasteiger partial charge in [0.1, 0.15) is 11.9 Å². The summed E-state index contributed by atoms with van der Waals surface area (Å²) in [4.78, 5) is 19.8. The smallest absolute Gasteiger partial charge is 0.380 e. The van der Waals surface area contributed by atoms with Gasteiger partial charge < -0.3 is 20.7 Å². The molecule has 0 aliphatic carbocycles. The minimum Gasteiger partial charge on any atom is -0.380 e. The van der Waals surface area contributed by atoms with E-state index < -0.39 is 17.9 Å². The number of nitriles is 1. The first-order chi connectivity index (χ1) is 14.3. The van der Waals surface area contributed by atoms with Crippen LogP contribution in [0.15, 0.2) is 18.5 Å².